The van der Waals surface area contributed by atoms with Gasteiger partial charge >= 0.3 is 0 Å². The van der Waals surface area contributed by atoms with Crippen molar-refractivity contribution in [2.75, 3.05) is 6.61 Å². The lowest BCUT2D eigenvalue weighted by Crippen LogP contribution is -2.66. The molecular weight excluding hydrogens is 392 g/mol. The highest BCUT2D eigenvalue weighted by molar-refractivity contribution is 5.21. The van der Waals surface area contributed by atoms with Crippen LogP contribution in [0.5, 0.6) is 0 Å². The lowest BCUT2D eigenvalue weighted by atomic mass is 9.32. The molecule has 2 nitrogen and oxygen atoms in total. The SMILES string of the molecule is C=C(C)[C@@H]1CC[C@]2(CO)CC[C@]3(C)C(CCC4C3(C)CCC3C(C)(C)[C@@H](O)CC[C@@]34C)C12. The number of fused-ring (bicyclic) bond motifs is 7. The predicted molar refractivity (Wildman–Crippen MR) is 132 cm³/mol. The van der Waals surface area contributed by atoms with E-state index in [1.165, 1.54) is 63.4 Å². The first-order valence-electron chi connectivity index (χ1n) is 13.8. The van der Waals surface area contributed by atoms with Gasteiger partial charge in [0.15, 0.2) is 0 Å². The fourth-order valence-corrected chi connectivity index (χ4v) is 11.5. The maximum Gasteiger partial charge on any atom is 0.0594 e. The van der Waals surface area contributed by atoms with E-state index < -0.39 is 0 Å². The Balaban J connectivity index is 1.55. The molecule has 5 saturated carbocycles. The van der Waals surface area contributed by atoms with Gasteiger partial charge in [-0.2, -0.15) is 0 Å². The van der Waals surface area contributed by atoms with Crippen LogP contribution in [0.1, 0.15) is 106 Å². The van der Waals surface area contributed by atoms with E-state index in [0.29, 0.717) is 40.6 Å². The zero-order valence-corrected chi connectivity index (χ0v) is 21.8. The Labute approximate surface area is 197 Å². The first-order valence-corrected chi connectivity index (χ1v) is 13.8. The smallest absolute Gasteiger partial charge is 0.0594 e. The summed E-state index contributed by atoms with van der Waals surface area (Å²) in [6.07, 6.45) is 12.2. The molecule has 0 aromatic heterocycles. The Morgan fingerprint density at radius 3 is 2.19 bits per heavy atom. The van der Waals surface area contributed by atoms with E-state index in [9.17, 15) is 10.2 Å². The monoisotopic (exact) mass is 442 g/mol. The van der Waals surface area contributed by atoms with Gasteiger partial charge in [-0.05, 0) is 128 Å². The maximum atomic E-state index is 10.9. The van der Waals surface area contributed by atoms with Crippen molar-refractivity contribution in [3.63, 3.8) is 0 Å². The third kappa shape index (κ3) is 2.66. The fourth-order valence-electron chi connectivity index (χ4n) is 11.5. The van der Waals surface area contributed by atoms with Crippen LogP contribution in [0.2, 0.25) is 0 Å². The second kappa shape index (κ2) is 7.09. The van der Waals surface area contributed by atoms with Crippen LogP contribution in [0.4, 0.5) is 0 Å². The molecule has 5 aliphatic rings. The number of hydrogen-bond acceptors (Lipinski definition) is 2. The van der Waals surface area contributed by atoms with Gasteiger partial charge in [0.25, 0.3) is 0 Å². The lowest BCUT2D eigenvalue weighted by Gasteiger charge is -2.73. The second-order valence-electron chi connectivity index (χ2n) is 14.6. The number of rotatable bonds is 2. The summed E-state index contributed by atoms with van der Waals surface area (Å²) in [6.45, 7) is 19.7. The van der Waals surface area contributed by atoms with E-state index in [-0.39, 0.29) is 16.9 Å². The molecule has 0 amide bonds. The maximum absolute atomic E-state index is 10.9. The molecule has 32 heavy (non-hydrogen) atoms. The van der Waals surface area contributed by atoms with Crippen LogP contribution in [0, 0.1) is 56.7 Å². The minimum atomic E-state index is -0.147. The van der Waals surface area contributed by atoms with Crippen LogP contribution < -0.4 is 0 Å². The molecule has 5 aliphatic carbocycles. The van der Waals surface area contributed by atoms with Gasteiger partial charge in [0.05, 0.1) is 6.10 Å². The fraction of sp³-hybridized carbons (Fsp3) is 0.933. The van der Waals surface area contributed by atoms with E-state index in [1.54, 1.807) is 0 Å². The minimum Gasteiger partial charge on any atom is -0.396 e. The third-order valence-corrected chi connectivity index (χ3v) is 13.5. The number of aliphatic hydroxyl groups excluding tert-OH is 2. The Morgan fingerprint density at radius 1 is 0.812 bits per heavy atom. The highest BCUT2D eigenvalue weighted by Gasteiger charge is 2.70. The summed E-state index contributed by atoms with van der Waals surface area (Å²) in [5, 5.41) is 21.5. The number of hydrogen-bond donors (Lipinski definition) is 2. The quantitative estimate of drug-likeness (QED) is 0.452. The third-order valence-electron chi connectivity index (χ3n) is 13.5. The van der Waals surface area contributed by atoms with Gasteiger partial charge in [0, 0.05) is 6.61 Å². The van der Waals surface area contributed by atoms with Crippen molar-refractivity contribution in [3.05, 3.63) is 12.2 Å². The number of allylic oxidation sites excluding steroid dienone is 1. The molecule has 0 aromatic carbocycles. The molecular formula is C30H50O2. The summed E-state index contributed by atoms with van der Waals surface area (Å²) in [5.41, 5.74) is 2.60. The van der Waals surface area contributed by atoms with E-state index in [1.807, 2.05) is 0 Å². The molecule has 0 aromatic rings. The molecule has 0 radical (unpaired) electrons. The molecule has 5 unspecified atom stereocenters. The molecule has 0 bridgehead atoms. The molecule has 5 rings (SSSR count). The van der Waals surface area contributed by atoms with Gasteiger partial charge < -0.3 is 10.2 Å². The lowest BCUT2D eigenvalue weighted by molar-refractivity contribution is -0.249. The summed E-state index contributed by atoms with van der Waals surface area (Å²) in [5.74, 6) is 3.33. The average Bonchev–Trinajstić information content (AvgIpc) is 3.12. The first-order chi connectivity index (χ1) is 14.9. The van der Waals surface area contributed by atoms with Gasteiger partial charge in [-0.25, -0.2) is 0 Å². The largest absolute Gasteiger partial charge is 0.396 e. The Kier molecular flexibility index (Phi) is 5.19. The topological polar surface area (TPSA) is 40.5 Å². The van der Waals surface area contributed by atoms with Gasteiger partial charge in [0.1, 0.15) is 0 Å². The normalized spacial score (nSPS) is 56.5. The van der Waals surface area contributed by atoms with Crippen molar-refractivity contribution in [2.45, 2.75) is 112 Å². The zero-order valence-electron chi connectivity index (χ0n) is 21.8. The molecule has 0 aliphatic heterocycles. The van der Waals surface area contributed by atoms with E-state index in [4.69, 9.17) is 0 Å². The molecule has 0 saturated heterocycles. The van der Waals surface area contributed by atoms with Crippen molar-refractivity contribution in [3.8, 4) is 0 Å². The van der Waals surface area contributed by atoms with Crippen molar-refractivity contribution in [1.82, 2.24) is 0 Å². The highest BCUT2D eigenvalue weighted by atomic mass is 16.3. The minimum absolute atomic E-state index is 0.0290. The Hall–Kier alpha value is -0.340. The van der Waals surface area contributed by atoms with Gasteiger partial charge in [-0.15, -0.1) is 0 Å². The number of aliphatic hydroxyl groups is 2. The molecule has 2 heteroatoms. The van der Waals surface area contributed by atoms with E-state index in [0.717, 1.165) is 18.3 Å². The van der Waals surface area contributed by atoms with Crippen LogP contribution >= 0.6 is 0 Å². The summed E-state index contributed by atoms with van der Waals surface area (Å²) in [4.78, 5) is 0. The van der Waals surface area contributed by atoms with Gasteiger partial charge in [0.2, 0.25) is 0 Å². The Morgan fingerprint density at radius 2 is 1.53 bits per heavy atom. The Bertz CT molecular complexity index is 786. The molecule has 182 valence electrons. The van der Waals surface area contributed by atoms with Gasteiger partial charge in [-0.3, -0.25) is 0 Å². The van der Waals surface area contributed by atoms with Crippen molar-refractivity contribution < 1.29 is 10.2 Å². The van der Waals surface area contributed by atoms with Crippen molar-refractivity contribution in [1.29, 1.82) is 0 Å². The first kappa shape index (κ1) is 23.4. The highest BCUT2D eigenvalue weighted by Crippen LogP contribution is 2.77. The zero-order chi connectivity index (χ0) is 23.3. The standard InChI is InChI=1S/C30H50O2/c1-19(2)20-10-15-30(18-31)17-16-28(6)21(25(20)30)8-9-23-27(5)13-12-24(32)26(3,4)22(27)11-14-29(23,28)7/h20-25,31-32H,1,8-18H2,2-7H3/t20-,21?,22?,23?,24-,25?,27-,28+,29?,30+/m0/s1. The van der Waals surface area contributed by atoms with Crippen LogP contribution in [0.25, 0.3) is 0 Å². The van der Waals surface area contributed by atoms with E-state index in [2.05, 4.69) is 48.1 Å². The molecule has 10 atom stereocenters. The molecule has 2 N–H and O–H groups in total. The van der Waals surface area contributed by atoms with E-state index >= 15 is 0 Å². The van der Waals surface area contributed by atoms with Crippen LogP contribution in [-0.4, -0.2) is 22.9 Å². The van der Waals surface area contributed by atoms with Crippen molar-refractivity contribution >= 4 is 0 Å². The molecule has 0 spiro atoms. The second-order valence-corrected chi connectivity index (χ2v) is 14.6. The van der Waals surface area contributed by atoms with Crippen LogP contribution in [0.15, 0.2) is 12.2 Å². The van der Waals surface area contributed by atoms with Crippen molar-refractivity contribution in [2.24, 2.45) is 56.7 Å². The van der Waals surface area contributed by atoms with Crippen LogP contribution in [-0.2, 0) is 0 Å². The summed E-state index contributed by atoms with van der Waals surface area (Å²) < 4.78 is 0. The molecule has 5 fully saturated rings. The predicted octanol–water partition coefficient (Wildman–Crippen LogP) is 7.00. The summed E-state index contributed by atoms with van der Waals surface area (Å²) in [7, 11) is 0. The molecule has 0 heterocycles. The van der Waals surface area contributed by atoms with Gasteiger partial charge in [-0.1, -0.05) is 46.8 Å². The van der Waals surface area contributed by atoms with Crippen LogP contribution in [0.3, 0.4) is 0 Å². The summed E-state index contributed by atoms with van der Waals surface area (Å²) in [6, 6.07) is 0. The summed E-state index contributed by atoms with van der Waals surface area (Å²) >= 11 is 0. The average molecular weight is 443 g/mol.